The topological polar surface area (TPSA) is 111 Å². The number of carboxylic acid groups (broad SMARTS) is 1. The van der Waals surface area contributed by atoms with Crippen LogP contribution in [0.2, 0.25) is 0 Å². The molecule has 1 aromatic rings. The summed E-state index contributed by atoms with van der Waals surface area (Å²) >= 11 is 0. The monoisotopic (exact) mass is 345 g/mol. The van der Waals surface area contributed by atoms with Gasteiger partial charge in [0.05, 0.1) is 7.11 Å². The fraction of sp³-hybridized carbons (Fsp3) is 0.389. The Morgan fingerprint density at radius 1 is 1.24 bits per heavy atom. The van der Waals surface area contributed by atoms with Crippen molar-refractivity contribution in [2.45, 2.75) is 32.2 Å². The van der Waals surface area contributed by atoms with Crippen LogP contribution in [0.3, 0.4) is 0 Å². The zero-order chi connectivity index (χ0) is 18.5. The van der Waals surface area contributed by atoms with Crippen LogP contribution in [0.1, 0.15) is 31.2 Å². The van der Waals surface area contributed by atoms with Crippen molar-refractivity contribution in [2.75, 3.05) is 13.7 Å². The Bertz CT molecular complexity index is 633. The number of methoxy groups -OCH3 is 1. The number of nitriles is 1. The van der Waals surface area contributed by atoms with Crippen LogP contribution in [-0.4, -0.2) is 30.6 Å². The van der Waals surface area contributed by atoms with Crippen molar-refractivity contribution in [1.82, 2.24) is 10.6 Å². The van der Waals surface area contributed by atoms with E-state index in [1.54, 1.807) is 7.11 Å². The molecule has 0 aliphatic carbocycles. The van der Waals surface area contributed by atoms with Gasteiger partial charge in [-0.05, 0) is 30.5 Å². The number of nitrogens with one attached hydrogen (secondary N) is 2. The second kappa shape index (κ2) is 11.5. The van der Waals surface area contributed by atoms with Gasteiger partial charge < -0.3 is 20.5 Å². The van der Waals surface area contributed by atoms with E-state index in [4.69, 9.17) is 15.1 Å². The lowest BCUT2D eigenvalue weighted by Crippen LogP contribution is -2.26. The number of aliphatic carboxylic acids is 1. The third-order valence-electron chi connectivity index (χ3n) is 3.43. The highest BCUT2D eigenvalue weighted by molar-refractivity contribution is 5.97. The number of nitrogens with zero attached hydrogens (tertiary/aromatic N) is 1. The van der Waals surface area contributed by atoms with Gasteiger partial charge >= 0.3 is 5.97 Å². The van der Waals surface area contributed by atoms with Gasteiger partial charge in [0, 0.05) is 25.7 Å². The summed E-state index contributed by atoms with van der Waals surface area (Å²) in [4.78, 5) is 22.3. The lowest BCUT2D eigenvalue weighted by molar-refractivity contribution is -0.137. The molecule has 0 saturated heterocycles. The van der Waals surface area contributed by atoms with Gasteiger partial charge in [-0.15, -0.1) is 0 Å². The number of rotatable bonds is 11. The average Bonchev–Trinajstić information content (AvgIpc) is 2.61. The van der Waals surface area contributed by atoms with E-state index in [1.807, 2.05) is 30.3 Å². The first-order valence-corrected chi connectivity index (χ1v) is 8.03. The number of benzene rings is 1. The van der Waals surface area contributed by atoms with Crippen LogP contribution in [0.25, 0.3) is 0 Å². The maximum atomic E-state index is 11.9. The van der Waals surface area contributed by atoms with E-state index in [0.29, 0.717) is 32.4 Å². The summed E-state index contributed by atoms with van der Waals surface area (Å²) in [5, 5.41) is 23.2. The van der Waals surface area contributed by atoms with Gasteiger partial charge in [0.15, 0.2) is 0 Å². The number of carboxylic acids is 1. The molecule has 7 heteroatoms. The van der Waals surface area contributed by atoms with Gasteiger partial charge in [-0.3, -0.25) is 9.59 Å². The van der Waals surface area contributed by atoms with Gasteiger partial charge in [-0.1, -0.05) is 18.6 Å². The molecule has 3 N–H and O–H groups in total. The second-order valence-corrected chi connectivity index (χ2v) is 5.36. The third kappa shape index (κ3) is 8.42. The number of amides is 1. The maximum Gasteiger partial charge on any atom is 0.303 e. The fourth-order valence-corrected chi connectivity index (χ4v) is 2.04. The summed E-state index contributed by atoms with van der Waals surface area (Å²) in [7, 11) is 1.60. The Kier molecular flexibility index (Phi) is 9.23. The van der Waals surface area contributed by atoms with E-state index in [1.165, 1.54) is 6.20 Å². The quantitative estimate of drug-likeness (QED) is 0.321. The highest BCUT2D eigenvalue weighted by atomic mass is 16.5. The van der Waals surface area contributed by atoms with Crippen LogP contribution >= 0.6 is 0 Å². The molecule has 0 aliphatic rings. The molecule has 1 aromatic carbocycles. The zero-order valence-corrected chi connectivity index (χ0v) is 14.2. The van der Waals surface area contributed by atoms with Crippen molar-refractivity contribution < 1.29 is 19.4 Å². The Labute approximate surface area is 147 Å². The average molecular weight is 345 g/mol. The van der Waals surface area contributed by atoms with Crippen LogP contribution in [0, 0.1) is 11.3 Å². The Hall–Kier alpha value is -3.01. The molecule has 7 nitrogen and oxygen atoms in total. The number of carbonyl (C=O) groups is 2. The Morgan fingerprint density at radius 3 is 2.56 bits per heavy atom. The predicted molar refractivity (Wildman–Crippen MR) is 92.6 cm³/mol. The normalized spacial score (nSPS) is 10.6. The second-order valence-electron chi connectivity index (χ2n) is 5.36. The molecule has 0 fully saturated rings. The van der Waals surface area contributed by atoms with E-state index < -0.39 is 11.9 Å². The molecule has 0 radical (unpaired) electrons. The van der Waals surface area contributed by atoms with Crippen LogP contribution in [0.15, 0.2) is 36.0 Å². The number of unbranched alkanes of at least 4 members (excludes halogenated alkanes) is 2. The van der Waals surface area contributed by atoms with Crippen molar-refractivity contribution in [3.8, 4) is 11.8 Å². The maximum absolute atomic E-state index is 11.9. The molecule has 0 spiro atoms. The summed E-state index contributed by atoms with van der Waals surface area (Å²) < 4.78 is 5.08. The van der Waals surface area contributed by atoms with Crippen molar-refractivity contribution in [1.29, 1.82) is 5.26 Å². The number of hydrogen-bond acceptors (Lipinski definition) is 5. The number of hydrogen-bond donors (Lipinski definition) is 3. The van der Waals surface area contributed by atoms with E-state index >= 15 is 0 Å². The van der Waals surface area contributed by atoms with Crippen LogP contribution in [0.5, 0.6) is 5.75 Å². The van der Waals surface area contributed by atoms with Crippen molar-refractivity contribution >= 4 is 11.9 Å². The lowest BCUT2D eigenvalue weighted by Gasteiger charge is -2.06. The van der Waals surface area contributed by atoms with Crippen LogP contribution in [0.4, 0.5) is 0 Å². The number of carbonyl (C=O) groups excluding carboxylic acids is 1. The minimum Gasteiger partial charge on any atom is -0.497 e. The molecule has 25 heavy (non-hydrogen) atoms. The molecule has 0 aromatic heterocycles. The van der Waals surface area contributed by atoms with E-state index in [0.717, 1.165) is 11.3 Å². The van der Waals surface area contributed by atoms with Gasteiger partial charge in [-0.25, -0.2) is 0 Å². The Balaban J connectivity index is 2.32. The van der Waals surface area contributed by atoms with Gasteiger partial charge in [0.25, 0.3) is 5.91 Å². The molecule has 0 bridgehead atoms. The van der Waals surface area contributed by atoms with Crippen molar-refractivity contribution in [2.24, 2.45) is 0 Å². The smallest absolute Gasteiger partial charge is 0.303 e. The summed E-state index contributed by atoms with van der Waals surface area (Å²) in [6.07, 6.45) is 3.50. The molecule has 1 amide bonds. The summed E-state index contributed by atoms with van der Waals surface area (Å²) in [5.74, 6) is -0.496. The molecular weight excluding hydrogens is 322 g/mol. The first-order chi connectivity index (χ1) is 12.1. The van der Waals surface area contributed by atoms with Crippen LogP contribution < -0.4 is 15.4 Å². The SMILES string of the molecule is COc1ccc(CN/C=C(/C#N)C(=O)NCCCCCC(=O)O)cc1. The number of ether oxygens (including phenoxy) is 1. The third-order valence-corrected chi connectivity index (χ3v) is 3.43. The standard InChI is InChI=1S/C18H23N3O4/c1-25-16-8-6-14(7-9-16)12-20-13-15(11-19)18(24)21-10-4-2-3-5-17(22)23/h6-9,13,20H,2-5,10,12H2,1H3,(H,21,24)(H,22,23)/b15-13-. The van der Waals surface area contributed by atoms with Gasteiger partial charge in [0.1, 0.15) is 17.4 Å². The fourth-order valence-electron chi connectivity index (χ4n) is 2.04. The van der Waals surface area contributed by atoms with Gasteiger partial charge in [-0.2, -0.15) is 5.26 Å². The van der Waals surface area contributed by atoms with Gasteiger partial charge in [0.2, 0.25) is 0 Å². The molecule has 0 atom stereocenters. The first-order valence-electron chi connectivity index (χ1n) is 8.03. The summed E-state index contributed by atoms with van der Waals surface area (Å²) in [5.41, 5.74) is 0.993. The largest absolute Gasteiger partial charge is 0.497 e. The van der Waals surface area contributed by atoms with Crippen LogP contribution in [-0.2, 0) is 16.1 Å². The Morgan fingerprint density at radius 2 is 1.96 bits per heavy atom. The summed E-state index contributed by atoms with van der Waals surface area (Å²) in [6, 6.07) is 9.32. The molecule has 0 saturated carbocycles. The van der Waals surface area contributed by atoms with E-state index in [9.17, 15) is 9.59 Å². The minimum absolute atomic E-state index is 0.000882. The zero-order valence-electron chi connectivity index (χ0n) is 14.2. The molecule has 0 heterocycles. The first kappa shape index (κ1) is 20.0. The molecular formula is C18H23N3O4. The lowest BCUT2D eigenvalue weighted by atomic mass is 10.2. The van der Waals surface area contributed by atoms with E-state index in [2.05, 4.69) is 10.6 Å². The molecule has 134 valence electrons. The highest BCUT2D eigenvalue weighted by Gasteiger charge is 2.07. The molecule has 1 rings (SSSR count). The van der Waals surface area contributed by atoms with E-state index in [-0.39, 0.29) is 12.0 Å². The highest BCUT2D eigenvalue weighted by Crippen LogP contribution is 2.10. The van der Waals surface area contributed by atoms with Crippen molar-refractivity contribution in [3.05, 3.63) is 41.6 Å². The minimum atomic E-state index is -0.818. The van der Waals surface area contributed by atoms with Crippen molar-refractivity contribution in [3.63, 3.8) is 0 Å². The molecule has 0 aliphatic heterocycles. The molecule has 0 unspecified atom stereocenters. The predicted octanol–water partition coefficient (Wildman–Crippen LogP) is 1.95. The summed E-state index contributed by atoms with van der Waals surface area (Å²) in [6.45, 7) is 0.896.